The molecular weight excluding hydrogens is 326 g/mol. The number of hydrogen-bond donors (Lipinski definition) is 2. The second-order valence-corrected chi connectivity index (χ2v) is 7.20. The summed E-state index contributed by atoms with van der Waals surface area (Å²) in [5, 5.41) is 2.80. The maximum absolute atomic E-state index is 12.5. The van der Waals surface area contributed by atoms with Crippen LogP contribution < -0.4 is 11.1 Å². The standard InChI is InChI=1S/C14H21N3O3S.ClH/c1-11-2-4-13(5-3-11)21(19,20)17-8-6-12(7-9-17)16-14(18)10-15;/h2-5,12H,6-10,15H2,1H3,(H,16,18);1H. The monoisotopic (exact) mass is 347 g/mol. The van der Waals surface area contributed by atoms with Crippen LogP contribution in [0, 0.1) is 6.92 Å². The summed E-state index contributed by atoms with van der Waals surface area (Å²) >= 11 is 0. The molecule has 0 spiro atoms. The maximum Gasteiger partial charge on any atom is 0.243 e. The first-order valence-electron chi connectivity index (χ1n) is 6.99. The average molecular weight is 348 g/mol. The SMILES string of the molecule is Cc1ccc(S(=O)(=O)N2CCC(NC(=O)CN)CC2)cc1.Cl. The number of carbonyl (C=O) groups is 1. The van der Waals surface area contributed by atoms with Crippen LogP contribution in [0.4, 0.5) is 0 Å². The molecule has 1 aromatic carbocycles. The van der Waals surface area contributed by atoms with E-state index in [1.807, 2.05) is 6.92 Å². The quantitative estimate of drug-likeness (QED) is 0.836. The lowest BCUT2D eigenvalue weighted by Crippen LogP contribution is -2.47. The lowest BCUT2D eigenvalue weighted by atomic mass is 10.1. The second-order valence-electron chi connectivity index (χ2n) is 5.26. The van der Waals surface area contributed by atoms with E-state index in [4.69, 9.17) is 5.73 Å². The first kappa shape index (κ1) is 18.9. The van der Waals surface area contributed by atoms with E-state index in [-0.39, 0.29) is 30.9 Å². The number of benzene rings is 1. The van der Waals surface area contributed by atoms with Crippen molar-refractivity contribution < 1.29 is 13.2 Å². The molecule has 8 heteroatoms. The molecule has 2 rings (SSSR count). The predicted molar refractivity (Wildman–Crippen MR) is 87.4 cm³/mol. The summed E-state index contributed by atoms with van der Waals surface area (Å²) in [7, 11) is -3.44. The number of piperidine rings is 1. The molecule has 0 saturated carbocycles. The topological polar surface area (TPSA) is 92.5 Å². The molecule has 1 amide bonds. The van der Waals surface area contributed by atoms with Crippen LogP contribution in [0.2, 0.25) is 0 Å². The molecule has 1 fully saturated rings. The number of amides is 1. The van der Waals surface area contributed by atoms with Gasteiger partial charge in [-0.25, -0.2) is 8.42 Å². The van der Waals surface area contributed by atoms with E-state index in [1.54, 1.807) is 24.3 Å². The summed E-state index contributed by atoms with van der Waals surface area (Å²) in [6.45, 7) is 2.70. The van der Waals surface area contributed by atoms with Gasteiger partial charge in [-0.15, -0.1) is 12.4 Å². The third kappa shape index (κ3) is 4.42. The Hall–Kier alpha value is -1.15. The minimum Gasteiger partial charge on any atom is -0.352 e. The van der Waals surface area contributed by atoms with Gasteiger partial charge >= 0.3 is 0 Å². The summed E-state index contributed by atoms with van der Waals surface area (Å²) in [5.41, 5.74) is 6.28. The van der Waals surface area contributed by atoms with Crippen LogP contribution in [-0.2, 0) is 14.8 Å². The Kier molecular flexibility index (Phi) is 6.80. The molecule has 3 N–H and O–H groups in total. The van der Waals surface area contributed by atoms with E-state index in [0.29, 0.717) is 30.8 Å². The van der Waals surface area contributed by atoms with Crippen LogP contribution in [0.25, 0.3) is 0 Å². The first-order valence-corrected chi connectivity index (χ1v) is 8.44. The lowest BCUT2D eigenvalue weighted by molar-refractivity contribution is -0.120. The summed E-state index contributed by atoms with van der Waals surface area (Å²) in [5.74, 6) is -0.199. The van der Waals surface area contributed by atoms with Gasteiger partial charge in [0, 0.05) is 19.1 Å². The van der Waals surface area contributed by atoms with Crippen LogP contribution in [0.3, 0.4) is 0 Å². The Balaban J connectivity index is 0.00000242. The second kappa shape index (κ2) is 7.92. The van der Waals surface area contributed by atoms with Gasteiger partial charge in [0.05, 0.1) is 11.4 Å². The minimum absolute atomic E-state index is 0. The smallest absolute Gasteiger partial charge is 0.243 e. The summed E-state index contributed by atoms with van der Waals surface area (Å²) in [4.78, 5) is 11.6. The van der Waals surface area contributed by atoms with E-state index in [1.165, 1.54) is 4.31 Å². The zero-order valence-corrected chi connectivity index (χ0v) is 14.1. The molecule has 0 aliphatic carbocycles. The van der Waals surface area contributed by atoms with Gasteiger partial charge in [-0.05, 0) is 31.9 Å². The van der Waals surface area contributed by atoms with E-state index < -0.39 is 10.0 Å². The predicted octanol–water partition coefficient (Wildman–Crippen LogP) is 0.645. The summed E-state index contributed by atoms with van der Waals surface area (Å²) in [6.07, 6.45) is 1.22. The van der Waals surface area contributed by atoms with Gasteiger partial charge in [0.25, 0.3) is 0 Å². The third-order valence-electron chi connectivity index (χ3n) is 3.66. The highest BCUT2D eigenvalue weighted by Crippen LogP contribution is 2.21. The number of aryl methyl sites for hydroxylation is 1. The molecule has 0 bridgehead atoms. The number of nitrogens with zero attached hydrogens (tertiary/aromatic N) is 1. The normalized spacial score (nSPS) is 16.8. The number of hydrogen-bond acceptors (Lipinski definition) is 4. The van der Waals surface area contributed by atoms with Gasteiger partial charge in [0.2, 0.25) is 15.9 Å². The maximum atomic E-state index is 12.5. The van der Waals surface area contributed by atoms with Crippen LogP contribution in [-0.4, -0.2) is 44.3 Å². The lowest BCUT2D eigenvalue weighted by Gasteiger charge is -2.31. The highest BCUT2D eigenvalue weighted by molar-refractivity contribution is 7.89. The summed E-state index contributed by atoms with van der Waals surface area (Å²) in [6, 6.07) is 6.85. The fraction of sp³-hybridized carbons (Fsp3) is 0.500. The molecule has 1 aromatic rings. The van der Waals surface area contributed by atoms with Crippen LogP contribution in [0.5, 0.6) is 0 Å². The molecule has 124 valence electrons. The van der Waals surface area contributed by atoms with Crippen molar-refractivity contribution in [3.05, 3.63) is 29.8 Å². The van der Waals surface area contributed by atoms with Crippen LogP contribution in [0.15, 0.2) is 29.2 Å². The molecule has 0 atom stereocenters. The van der Waals surface area contributed by atoms with Crippen LogP contribution in [0.1, 0.15) is 18.4 Å². The van der Waals surface area contributed by atoms with Gasteiger partial charge in [-0.3, -0.25) is 4.79 Å². The molecule has 1 aliphatic heterocycles. The molecule has 1 aliphatic rings. The Morgan fingerprint density at radius 1 is 1.27 bits per heavy atom. The van der Waals surface area contributed by atoms with Crippen LogP contribution >= 0.6 is 12.4 Å². The van der Waals surface area contributed by atoms with Gasteiger partial charge in [0.15, 0.2) is 0 Å². The van der Waals surface area contributed by atoms with Gasteiger partial charge < -0.3 is 11.1 Å². The molecule has 1 saturated heterocycles. The first-order chi connectivity index (χ1) is 9.93. The van der Waals surface area contributed by atoms with E-state index in [2.05, 4.69) is 5.32 Å². The molecule has 0 unspecified atom stereocenters. The molecule has 22 heavy (non-hydrogen) atoms. The van der Waals surface area contributed by atoms with Crippen molar-refractivity contribution in [2.45, 2.75) is 30.7 Å². The number of rotatable bonds is 4. The molecule has 0 aromatic heterocycles. The Morgan fingerprint density at radius 2 is 1.82 bits per heavy atom. The van der Waals surface area contributed by atoms with Crippen molar-refractivity contribution in [2.24, 2.45) is 5.73 Å². The van der Waals surface area contributed by atoms with Crippen molar-refractivity contribution in [1.82, 2.24) is 9.62 Å². The third-order valence-corrected chi connectivity index (χ3v) is 5.58. The highest BCUT2D eigenvalue weighted by Gasteiger charge is 2.29. The van der Waals surface area contributed by atoms with Gasteiger partial charge in [-0.2, -0.15) is 4.31 Å². The Morgan fingerprint density at radius 3 is 2.32 bits per heavy atom. The average Bonchev–Trinajstić information content (AvgIpc) is 2.48. The molecule has 0 radical (unpaired) electrons. The fourth-order valence-electron chi connectivity index (χ4n) is 2.39. The van der Waals surface area contributed by atoms with Crippen molar-refractivity contribution in [3.8, 4) is 0 Å². The summed E-state index contributed by atoms with van der Waals surface area (Å²) < 4.78 is 26.5. The number of halogens is 1. The fourth-order valence-corrected chi connectivity index (χ4v) is 3.86. The van der Waals surface area contributed by atoms with Crippen molar-refractivity contribution >= 4 is 28.3 Å². The molecular formula is C14H22ClN3O3S. The van der Waals surface area contributed by atoms with E-state index >= 15 is 0 Å². The minimum atomic E-state index is -3.44. The number of sulfonamides is 1. The van der Waals surface area contributed by atoms with E-state index in [0.717, 1.165) is 5.56 Å². The zero-order valence-electron chi connectivity index (χ0n) is 12.5. The van der Waals surface area contributed by atoms with E-state index in [9.17, 15) is 13.2 Å². The Labute approximate surface area is 137 Å². The Bertz CT molecular complexity index is 596. The number of nitrogens with one attached hydrogen (secondary N) is 1. The van der Waals surface area contributed by atoms with Crippen molar-refractivity contribution in [3.63, 3.8) is 0 Å². The molecule has 6 nitrogen and oxygen atoms in total. The van der Waals surface area contributed by atoms with Crippen molar-refractivity contribution in [1.29, 1.82) is 0 Å². The van der Waals surface area contributed by atoms with Gasteiger partial charge in [-0.1, -0.05) is 17.7 Å². The number of carbonyl (C=O) groups excluding carboxylic acids is 1. The zero-order chi connectivity index (χ0) is 15.5. The van der Waals surface area contributed by atoms with Crippen molar-refractivity contribution in [2.75, 3.05) is 19.6 Å². The highest BCUT2D eigenvalue weighted by atomic mass is 35.5. The number of nitrogens with two attached hydrogens (primary N) is 1. The largest absolute Gasteiger partial charge is 0.352 e. The molecule has 1 heterocycles. The van der Waals surface area contributed by atoms with Gasteiger partial charge in [0.1, 0.15) is 0 Å².